The maximum atomic E-state index is 15.0. The van der Waals surface area contributed by atoms with E-state index in [1.54, 1.807) is 6.07 Å². The lowest BCUT2D eigenvalue weighted by Gasteiger charge is -2.20. The van der Waals surface area contributed by atoms with Crippen LogP contribution >= 0.6 is 0 Å². The molecule has 50 heavy (non-hydrogen) atoms. The molecule has 5 rings (SSSR count). The van der Waals surface area contributed by atoms with Gasteiger partial charge < -0.3 is 4.74 Å². The molecule has 0 aliphatic rings. The summed E-state index contributed by atoms with van der Waals surface area (Å²) in [4.78, 5) is 0. The smallest absolute Gasteiger partial charge is 0.429 e. The van der Waals surface area contributed by atoms with E-state index < -0.39 is 80.4 Å². The van der Waals surface area contributed by atoms with Gasteiger partial charge in [0.1, 0.15) is 46.2 Å². The molecule has 0 N–H and O–H groups in total. The van der Waals surface area contributed by atoms with E-state index in [2.05, 4.69) is 35.0 Å². The van der Waals surface area contributed by atoms with Crippen molar-refractivity contribution in [1.82, 2.24) is 0 Å². The van der Waals surface area contributed by atoms with Crippen LogP contribution < -0.4 is 4.74 Å². The first kappa shape index (κ1) is 35.1. The molecule has 0 aliphatic heterocycles. The fourth-order valence-electron chi connectivity index (χ4n) is 4.48. The Morgan fingerprint density at radius 1 is 0.580 bits per heavy atom. The van der Waals surface area contributed by atoms with E-state index in [4.69, 9.17) is 0 Å². The zero-order valence-corrected chi connectivity index (χ0v) is 24.8. The maximum absolute atomic E-state index is 15.0. The van der Waals surface area contributed by atoms with Gasteiger partial charge in [0, 0.05) is 22.4 Å². The largest absolute Gasteiger partial charge is 0.458 e. The molecular weight excluding hydrogens is 681 g/mol. The molecule has 250 valence electrons. The third kappa shape index (κ3) is 7.91. The standard InChI is InChI=1S/C38H15F11O/c1-2-21-3-7-24(30(39)15-21)8-4-22-5-9-25(31(40)16-22)10-6-23-17-33(42)35(34(43)18-23)38(48,49)50-27-11-12-28-26(19-27)20-32(41)29(36(28)44)13-14-37(45,46)47/h2-3,5,7,9,11-12,15-20H,1H2. The number of fused-ring (bicyclic) bond motifs is 1. The van der Waals surface area contributed by atoms with Gasteiger partial charge in [-0.2, -0.15) is 22.0 Å². The van der Waals surface area contributed by atoms with Crippen LogP contribution in [0.4, 0.5) is 48.3 Å². The van der Waals surface area contributed by atoms with Gasteiger partial charge in [-0.15, -0.1) is 0 Å². The predicted molar refractivity (Wildman–Crippen MR) is 163 cm³/mol. The second-order valence-electron chi connectivity index (χ2n) is 10.2. The highest BCUT2D eigenvalue weighted by Crippen LogP contribution is 2.37. The number of rotatable bonds is 4. The number of ether oxygens (including phenoxy) is 1. The summed E-state index contributed by atoms with van der Waals surface area (Å²) in [7, 11) is 0. The van der Waals surface area contributed by atoms with Crippen molar-refractivity contribution in [2.75, 3.05) is 0 Å². The summed E-state index contributed by atoms with van der Waals surface area (Å²) in [6.45, 7) is 3.54. The van der Waals surface area contributed by atoms with E-state index in [0.717, 1.165) is 24.1 Å². The Kier molecular flexibility index (Phi) is 9.65. The molecular formula is C38H15F11O. The second kappa shape index (κ2) is 13.7. The van der Waals surface area contributed by atoms with Crippen molar-refractivity contribution in [3.05, 3.63) is 153 Å². The highest BCUT2D eigenvalue weighted by molar-refractivity contribution is 5.86. The van der Waals surface area contributed by atoms with Gasteiger partial charge in [0.25, 0.3) is 0 Å². The van der Waals surface area contributed by atoms with Crippen LogP contribution in [0.2, 0.25) is 0 Å². The topological polar surface area (TPSA) is 9.23 Å². The van der Waals surface area contributed by atoms with Crippen molar-refractivity contribution in [1.29, 1.82) is 0 Å². The molecule has 0 fully saturated rings. The molecule has 0 amide bonds. The van der Waals surface area contributed by atoms with Gasteiger partial charge in [0.05, 0.1) is 16.7 Å². The monoisotopic (exact) mass is 696 g/mol. The molecule has 0 saturated carbocycles. The van der Waals surface area contributed by atoms with Crippen molar-refractivity contribution < 1.29 is 53.0 Å². The summed E-state index contributed by atoms with van der Waals surface area (Å²) in [5.41, 5.74) is -2.99. The first-order valence-electron chi connectivity index (χ1n) is 13.9. The van der Waals surface area contributed by atoms with Gasteiger partial charge in [0.15, 0.2) is 0 Å². The highest BCUT2D eigenvalue weighted by atomic mass is 19.4. The molecule has 5 aromatic carbocycles. The summed E-state index contributed by atoms with van der Waals surface area (Å²) in [6.07, 6.45) is -8.29. The molecule has 0 aliphatic carbocycles. The highest BCUT2D eigenvalue weighted by Gasteiger charge is 2.41. The summed E-state index contributed by atoms with van der Waals surface area (Å²) in [5.74, 6) is 2.90. The van der Waals surface area contributed by atoms with Crippen LogP contribution in [0.5, 0.6) is 5.75 Å². The fourth-order valence-corrected chi connectivity index (χ4v) is 4.48. The first-order valence-corrected chi connectivity index (χ1v) is 13.9. The maximum Gasteiger partial charge on any atom is 0.458 e. The lowest BCUT2D eigenvalue weighted by molar-refractivity contribution is -0.189. The van der Waals surface area contributed by atoms with Crippen molar-refractivity contribution >= 4 is 16.8 Å². The SMILES string of the molecule is C=Cc1ccc(C#Cc2ccc(C#Cc3cc(F)c(C(F)(F)Oc4ccc5c(F)c(C#CC(F)(F)F)c(F)cc5c4)c(F)c3)c(F)c2)c(F)c1. The molecule has 0 heterocycles. The van der Waals surface area contributed by atoms with E-state index in [1.807, 2.05) is 0 Å². The molecule has 0 unspecified atom stereocenters. The third-order valence-electron chi connectivity index (χ3n) is 6.79. The molecule has 12 heteroatoms. The van der Waals surface area contributed by atoms with Crippen molar-refractivity contribution in [2.45, 2.75) is 12.3 Å². The van der Waals surface area contributed by atoms with Crippen LogP contribution in [-0.4, -0.2) is 6.18 Å². The predicted octanol–water partition coefficient (Wildman–Crippen LogP) is 10.2. The molecule has 0 saturated heterocycles. The summed E-state index contributed by atoms with van der Waals surface area (Å²) in [6, 6.07) is 11.4. The van der Waals surface area contributed by atoms with Crippen LogP contribution in [0.15, 0.2) is 79.4 Å². The van der Waals surface area contributed by atoms with Gasteiger partial charge in [0.2, 0.25) is 0 Å². The third-order valence-corrected chi connectivity index (χ3v) is 6.79. The van der Waals surface area contributed by atoms with Crippen molar-refractivity contribution in [2.24, 2.45) is 0 Å². The summed E-state index contributed by atoms with van der Waals surface area (Å²) in [5, 5.41) is -0.935. The summed E-state index contributed by atoms with van der Waals surface area (Å²) >= 11 is 0. The fraction of sp³-hybridized carbons (Fsp3) is 0.0526. The number of alkyl halides is 5. The lowest BCUT2D eigenvalue weighted by Crippen LogP contribution is -2.25. The molecule has 0 bridgehead atoms. The van der Waals surface area contributed by atoms with Gasteiger partial charge in [-0.25, -0.2) is 26.3 Å². The zero-order chi connectivity index (χ0) is 36.4. The van der Waals surface area contributed by atoms with Gasteiger partial charge in [-0.3, -0.25) is 0 Å². The van der Waals surface area contributed by atoms with Gasteiger partial charge >= 0.3 is 12.3 Å². The van der Waals surface area contributed by atoms with Crippen molar-refractivity contribution in [3.8, 4) is 41.3 Å². The molecule has 0 aromatic heterocycles. The number of hydrogen-bond donors (Lipinski definition) is 0. The lowest BCUT2D eigenvalue weighted by atomic mass is 10.0. The van der Waals surface area contributed by atoms with E-state index in [0.29, 0.717) is 29.8 Å². The second-order valence-corrected chi connectivity index (χ2v) is 10.2. The molecule has 0 radical (unpaired) electrons. The molecule has 0 spiro atoms. The van der Waals surface area contributed by atoms with E-state index in [9.17, 15) is 39.5 Å². The van der Waals surface area contributed by atoms with E-state index >= 15 is 8.78 Å². The van der Waals surface area contributed by atoms with Gasteiger partial charge in [-0.05, 0) is 77.7 Å². The van der Waals surface area contributed by atoms with Gasteiger partial charge in [-0.1, -0.05) is 48.3 Å². The number of halogens is 11. The first-order chi connectivity index (χ1) is 23.5. The van der Waals surface area contributed by atoms with E-state index in [-0.39, 0.29) is 16.7 Å². The number of benzene rings is 5. The zero-order valence-electron chi connectivity index (χ0n) is 24.8. The Labute approximate surface area is 276 Å². The van der Waals surface area contributed by atoms with Crippen molar-refractivity contribution in [3.63, 3.8) is 0 Å². The quantitative estimate of drug-likeness (QED) is 0.134. The Balaban J connectivity index is 1.36. The normalized spacial score (nSPS) is 11.1. The van der Waals surface area contributed by atoms with Crippen LogP contribution in [-0.2, 0) is 6.11 Å². The molecule has 0 atom stereocenters. The average Bonchev–Trinajstić information content (AvgIpc) is 3.02. The molecule has 1 nitrogen and oxygen atoms in total. The van der Waals surface area contributed by atoms with Crippen LogP contribution in [0.3, 0.4) is 0 Å². The Bertz CT molecular complexity index is 2350. The van der Waals surface area contributed by atoms with E-state index in [1.165, 1.54) is 36.3 Å². The summed E-state index contributed by atoms with van der Waals surface area (Å²) < 4.78 is 159. The minimum Gasteiger partial charge on any atom is -0.429 e. The average molecular weight is 697 g/mol. The molecule has 5 aromatic rings. The van der Waals surface area contributed by atoms with Crippen LogP contribution in [0, 0.1) is 70.4 Å². The Hall–Kier alpha value is -6.19. The number of hydrogen-bond acceptors (Lipinski definition) is 1. The Morgan fingerprint density at radius 3 is 1.78 bits per heavy atom. The minimum absolute atomic E-state index is 0.0570. The minimum atomic E-state index is -5.04. The Morgan fingerprint density at radius 2 is 1.18 bits per heavy atom. The van der Waals surface area contributed by atoms with Crippen LogP contribution in [0.25, 0.3) is 16.8 Å². The van der Waals surface area contributed by atoms with Crippen LogP contribution in [0.1, 0.15) is 38.9 Å².